The van der Waals surface area contributed by atoms with E-state index >= 15 is 0 Å². The standard InChI is InChI=1S/C22H18ClN2O2/c1-27-13-14-9-10-16-20(11-14)25(12-15-5-2-3-7-18(15)23)19-8-4-6-17(21(16)19)22(24)26/h2-9,11H,12-13H2,1H3,(H2,24,26). The predicted molar refractivity (Wildman–Crippen MR) is 108 cm³/mol. The number of hydrogen-bond acceptors (Lipinski definition) is 2. The van der Waals surface area contributed by atoms with Crippen molar-refractivity contribution >= 4 is 39.3 Å². The van der Waals surface area contributed by atoms with Crippen LogP contribution in [0.3, 0.4) is 0 Å². The van der Waals surface area contributed by atoms with E-state index in [1.54, 1.807) is 13.2 Å². The minimum absolute atomic E-state index is 0.452. The molecular formula is C22H18ClN2O2. The van der Waals surface area contributed by atoms with Crippen LogP contribution < -0.4 is 5.73 Å². The minimum atomic E-state index is -0.452. The molecule has 5 heteroatoms. The van der Waals surface area contributed by atoms with Gasteiger partial charge in [-0.15, -0.1) is 0 Å². The number of primary amides is 1. The van der Waals surface area contributed by atoms with Gasteiger partial charge in [0.2, 0.25) is 5.91 Å². The van der Waals surface area contributed by atoms with Gasteiger partial charge in [0.1, 0.15) is 0 Å². The first-order valence-corrected chi connectivity index (χ1v) is 8.95. The maximum Gasteiger partial charge on any atom is 0.249 e. The number of fused-ring (bicyclic) bond motifs is 3. The smallest absolute Gasteiger partial charge is 0.249 e. The highest BCUT2D eigenvalue weighted by molar-refractivity contribution is 6.31. The number of nitrogens with zero attached hydrogens (tertiary/aromatic N) is 1. The molecule has 2 N–H and O–H groups in total. The third-order valence-corrected chi connectivity index (χ3v) is 5.09. The molecule has 0 bridgehead atoms. The lowest BCUT2D eigenvalue weighted by molar-refractivity contribution is 0.100. The normalized spacial score (nSPS) is 11.3. The third-order valence-electron chi connectivity index (χ3n) is 4.72. The van der Waals surface area contributed by atoms with Crippen molar-refractivity contribution < 1.29 is 9.53 Å². The Morgan fingerprint density at radius 1 is 1.19 bits per heavy atom. The topological polar surface area (TPSA) is 57.2 Å². The van der Waals surface area contributed by atoms with Gasteiger partial charge >= 0.3 is 0 Å². The Hall–Kier alpha value is -2.82. The molecule has 1 radical (unpaired) electrons. The molecule has 0 spiro atoms. The Morgan fingerprint density at radius 3 is 2.74 bits per heavy atom. The summed E-state index contributed by atoms with van der Waals surface area (Å²) in [5.74, 6) is -0.452. The average Bonchev–Trinajstić information content (AvgIpc) is 2.97. The van der Waals surface area contributed by atoms with Crippen LogP contribution in [0, 0.1) is 6.07 Å². The molecule has 1 amide bonds. The number of carbonyl (C=O) groups is 1. The van der Waals surface area contributed by atoms with Gasteiger partial charge in [-0.05, 0) is 47.5 Å². The summed E-state index contributed by atoms with van der Waals surface area (Å²) in [6.45, 7) is 1.06. The Bertz CT molecular complexity index is 1160. The number of ether oxygens (including phenoxy) is 1. The third kappa shape index (κ3) is 3.07. The highest BCUT2D eigenvalue weighted by atomic mass is 35.5. The second-order valence-corrected chi connectivity index (χ2v) is 6.85. The van der Waals surface area contributed by atoms with E-state index in [1.807, 2.05) is 42.5 Å². The van der Waals surface area contributed by atoms with Gasteiger partial charge in [-0.25, -0.2) is 0 Å². The molecule has 1 aromatic heterocycles. The average molecular weight is 378 g/mol. The Labute approximate surface area is 162 Å². The van der Waals surface area contributed by atoms with Crippen molar-refractivity contribution in [3.63, 3.8) is 0 Å². The van der Waals surface area contributed by atoms with E-state index in [1.165, 1.54) is 0 Å². The van der Waals surface area contributed by atoms with E-state index in [-0.39, 0.29) is 0 Å². The van der Waals surface area contributed by atoms with Gasteiger partial charge in [-0.3, -0.25) is 4.79 Å². The zero-order chi connectivity index (χ0) is 19.0. The highest BCUT2D eigenvalue weighted by Crippen LogP contribution is 2.33. The van der Waals surface area contributed by atoms with Crippen molar-refractivity contribution in [2.75, 3.05) is 7.11 Å². The van der Waals surface area contributed by atoms with Crippen LogP contribution in [0.25, 0.3) is 21.8 Å². The van der Waals surface area contributed by atoms with Gasteiger partial charge in [0.15, 0.2) is 0 Å². The van der Waals surface area contributed by atoms with E-state index in [0.29, 0.717) is 23.7 Å². The summed E-state index contributed by atoms with van der Waals surface area (Å²) in [7, 11) is 1.66. The minimum Gasteiger partial charge on any atom is -0.380 e. The van der Waals surface area contributed by atoms with Crippen LogP contribution in [0.5, 0.6) is 0 Å². The fourth-order valence-corrected chi connectivity index (χ4v) is 3.72. The van der Waals surface area contributed by atoms with Crippen LogP contribution in [-0.4, -0.2) is 17.6 Å². The van der Waals surface area contributed by atoms with E-state index in [4.69, 9.17) is 22.1 Å². The lowest BCUT2D eigenvalue weighted by Gasteiger charge is -2.10. The van der Waals surface area contributed by atoms with Crippen LogP contribution >= 0.6 is 11.6 Å². The van der Waals surface area contributed by atoms with Crippen molar-refractivity contribution in [3.8, 4) is 0 Å². The van der Waals surface area contributed by atoms with Gasteiger partial charge in [-0.1, -0.05) is 35.9 Å². The maximum absolute atomic E-state index is 12.0. The zero-order valence-electron chi connectivity index (χ0n) is 14.8. The number of rotatable bonds is 5. The summed E-state index contributed by atoms with van der Waals surface area (Å²) in [6, 6.07) is 20.6. The quantitative estimate of drug-likeness (QED) is 0.555. The van der Waals surface area contributed by atoms with Crippen molar-refractivity contribution in [3.05, 3.63) is 82.4 Å². The first kappa shape index (κ1) is 17.6. The number of carbonyl (C=O) groups excluding carboxylic acids is 1. The molecule has 135 valence electrons. The van der Waals surface area contributed by atoms with Crippen molar-refractivity contribution in [2.45, 2.75) is 13.2 Å². The lowest BCUT2D eigenvalue weighted by atomic mass is 10.0. The summed E-state index contributed by atoms with van der Waals surface area (Å²) in [4.78, 5) is 12.0. The Morgan fingerprint density at radius 2 is 2.00 bits per heavy atom. The molecule has 4 rings (SSSR count). The molecule has 0 atom stereocenters. The SMILES string of the molecule is COCc1c[c]c2c3c(C(N)=O)cccc3n(Cc3ccccc3Cl)c2c1. The summed E-state index contributed by atoms with van der Waals surface area (Å²) in [6.07, 6.45) is 0. The highest BCUT2D eigenvalue weighted by Gasteiger charge is 2.17. The van der Waals surface area contributed by atoms with Gasteiger partial charge in [0, 0.05) is 35.0 Å². The zero-order valence-corrected chi connectivity index (χ0v) is 15.6. The van der Waals surface area contributed by atoms with E-state index < -0.39 is 5.91 Å². The molecule has 27 heavy (non-hydrogen) atoms. The van der Waals surface area contributed by atoms with E-state index in [0.717, 1.165) is 32.9 Å². The fraction of sp³-hybridized carbons (Fsp3) is 0.136. The number of nitrogens with two attached hydrogens (primary N) is 1. The monoisotopic (exact) mass is 377 g/mol. The number of hydrogen-bond donors (Lipinski definition) is 1. The van der Waals surface area contributed by atoms with Crippen LogP contribution in [-0.2, 0) is 17.9 Å². The second-order valence-electron chi connectivity index (χ2n) is 6.44. The molecule has 0 aliphatic carbocycles. The van der Waals surface area contributed by atoms with Gasteiger partial charge in [0.05, 0.1) is 17.6 Å². The number of halogens is 1. The molecule has 0 saturated carbocycles. The predicted octanol–water partition coefficient (Wildman–Crippen LogP) is 4.54. The molecule has 4 nitrogen and oxygen atoms in total. The van der Waals surface area contributed by atoms with Crippen LogP contribution in [0.1, 0.15) is 21.5 Å². The molecule has 0 fully saturated rings. The van der Waals surface area contributed by atoms with Gasteiger partial charge in [-0.2, -0.15) is 0 Å². The molecule has 0 saturated heterocycles. The molecule has 0 aliphatic heterocycles. The molecule has 0 unspecified atom stereocenters. The van der Waals surface area contributed by atoms with Crippen molar-refractivity contribution in [1.29, 1.82) is 0 Å². The van der Waals surface area contributed by atoms with Gasteiger partial charge < -0.3 is 15.0 Å². The number of methoxy groups -OCH3 is 1. The molecule has 0 aliphatic rings. The van der Waals surface area contributed by atoms with E-state index in [2.05, 4.69) is 16.7 Å². The van der Waals surface area contributed by atoms with Crippen LogP contribution in [0.15, 0.2) is 54.6 Å². The number of amides is 1. The summed E-state index contributed by atoms with van der Waals surface area (Å²) < 4.78 is 7.41. The maximum atomic E-state index is 12.0. The number of aromatic nitrogens is 1. The van der Waals surface area contributed by atoms with E-state index in [9.17, 15) is 4.79 Å². The fourth-order valence-electron chi connectivity index (χ4n) is 3.52. The molecule has 4 aromatic rings. The van der Waals surface area contributed by atoms with Gasteiger partial charge in [0.25, 0.3) is 0 Å². The van der Waals surface area contributed by atoms with Crippen LogP contribution in [0.4, 0.5) is 0 Å². The summed E-state index contributed by atoms with van der Waals surface area (Å²) in [5.41, 5.74) is 10.0. The Balaban J connectivity index is 2.04. The van der Waals surface area contributed by atoms with Crippen molar-refractivity contribution in [1.82, 2.24) is 4.57 Å². The lowest BCUT2D eigenvalue weighted by Crippen LogP contribution is -2.11. The molecular weight excluding hydrogens is 360 g/mol. The van der Waals surface area contributed by atoms with Crippen LogP contribution in [0.2, 0.25) is 5.02 Å². The largest absolute Gasteiger partial charge is 0.380 e. The summed E-state index contributed by atoms with van der Waals surface area (Å²) in [5, 5.41) is 2.39. The second kappa shape index (κ2) is 7.06. The van der Waals surface area contributed by atoms with Crippen molar-refractivity contribution in [2.24, 2.45) is 5.73 Å². The molecule has 1 heterocycles. The summed E-state index contributed by atoms with van der Waals surface area (Å²) >= 11 is 6.39. The first-order valence-electron chi connectivity index (χ1n) is 8.58. The number of benzene rings is 3. The Kier molecular flexibility index (Phi) is 4.60. The first-order chi connectivity index (χ1) is 13.1. The molecule has 3 aromatic carbocycles.